The zero-order valence-corrected chi connectivity index (χ0v) is 10.9. The minimum Gasteiger partial charge on any atom is -0.476 e. The maximum atomic E-state index is 11.5. The van der Waals surface area contributed by atoms with Gasteiger partial charge in [-0.25, -0.2) is 9.78 Å². The van der Waals surface area contributed by atoms with Crippen molar-refractivity contribution in [3.63, 3.8) is 0 Å². The number of hydrogen-bond acceptors (Lipinski definition) is 3. The van der Waals surface area contributed by atoms with E-state index >= 15 is 0 Å². The number of carbonyl (C=O) groups is 1. The maximum Gasteiger partial charge on any atom is 0.356 e. The molecule has 1 aliphatic heterocycles. The average Bonchev–Trinajstić information content (AvgIpc) is 2.88. The van der Waals surface area contributed by atoms with Crippen molar-refractivity contribution in [2.24, 2.45) is 0 Å². The fourth-order valence-electron chi connectivity index (χ4n) is 2.56. The van der Waals surface area contributed by atoms with Crippen LogP contribution in [0.15, 0.2) is 54.9 Å². The fraction of sp³-hybridized carbons (Fsp3) is 0. The number of nitrogens with zero attached hydrogens (tertiary/aromatic N) is 2. The van der Waals surface area contributed by atoms with Crippen LogP contribution in [0, 0.1) is 0 Å². The lowest BCUT2D eigenvalue weighted by atomic mass is 10.1. The lowest BCUT2D eigenvalue weighted by Gasteiger charge is -2.07. The molecule has 0 bridgehead atoms. The van der Waals surface area contributed by atoms with E-state index in [2.05, 4.69) is 4.98 Å². The van der Waals surface area contributed by atoms with E-state index in [9.17, 15) is 9.90 Å². The van der Waals surface area contributed by atoms with Crippen molar-refractivity contribution >= 4 is 5.97 Å². The number of benzene rings is 2. The molecule has 1 aliphatic rings. The van der Waals surface area contributed by atoms with Crippen molar-refractivity contribution in [3.05, 3.63) is 60.6 Å². The molecule has 0 aliphatic carbocycles. The minimum atomic E-state index is -1.06. The van der Waals surface area contributed by atoms with Gasteiger partial charge in [-0.1, -0.05) is 24.3 Å². The first kappa shape index (κ1) is 11.7. The van der Waals surface area contributed by atoms with Crippen molar-refractivity contribution in [1.29, 1.82) is 0 Å². The average molecular weight is 278 g/mol. The molecule has 0 amide bonds. The number of fused-ring (bicyclic) bond motifs is 5. The standard InChI is InChI=1S/C16H10N2O3/c19-16(20)14-15-10-5-1-3-7-12(10)21-13-8-4-2-6-11(13)18(15)9-17-14/h1-9H,(H,19,20). The van der Waals surface area contributed by atoms with E-state index < -0.39 is 5.97 Å². The topological polar surface area (TPSA) is 64.3 Å². The second-order valence-electron chi connectivity index (χ2n) is 4.68. The van der Waals surface area contributed by atoms with E-state index in [0.717, 1.165) is 5.69 Å². The molecule has 4 rings (SSSR count). The summed E-state index contributed by atoms with van der Waals surface area (Å²) >= 11 is 0. The Morgan fingerprint density at radius 2 is 1.76 bits per heavy atom. The highest BCUT2D eigenvalue weighted by atomic mass is 16.5. The van der Waals surface area contributed by atoms with Gasteiger partial charge in [0.15, 0.2) is 11.4 Å². The van der Waals surface area contributed by atoms with E-state index in [0.29, 0.717) is 22.8 Å². The highest BCUT2D eigenvalue weighted by molar-refractivity contribution is 5.95. The number of para-hydroxylation sites is 3. The number of aromatic nitrogens is 2. The predicted octanol–water partition coefficient (Wildman–Crippen LogP) is 3.34. The smallest absolute Gasteiger partial charge is 0.356 e. The van der Waals surface area contributed by atoms with Crippen LogP contribution in [-0.2, 0) is 0 Å². The van der Waals surface area contributed by atoms with Crippen LogP contribution in [0.1, 0.15) is 10.5 Å². The van der Waals surface area contributed by atoms with Gasteiger partial charge in [-0.2, -0.15) is 0 Å². The van der Waals surface area contributed by atoms with Gasteiger partial charge in [-0.15, -0.1) is 0 Å². The van der Waals surface area contributed by atoms with Crippen LogP contribution >= 0.6 is 0 Å². The molecule has 1 N–H and O–H groups in total. The highest BCUT2D eigenvalue weighted by Gasteiger charge is 2.26. The monoisotopic (exact) mass is 278 g/mol. The van der Waals surface area contributed by atoms with Gasteiger partial charge in [0.2, 0.25) is 0 Å². The molecule has 0 saturated heterocycles. The molecule has 5 heteroatoms. The van der Waals surface area contributed by atoms with Gasteiger partial charge in [0.05, 0.1) is 11.4 Å². The number of imidazole rings is 1. The lowest BCUT2D eigenvalue weighted by molar-refractivity contribution is 0.0692. The first-order valence-corrected chi connectivity index (χ1v) is 6.43. The summed E-state index contributed by atoms with van der Waals surface area (Å²) in [7, 11) is 0. The van der Waals surface area contributed by atoms with Gasteiger partial charge in [-0.3, -0.25) is 4.57 Å². The molecule has 0 radical (unpaired) electrons. The molecule has 2 aromatic carbocycles. The number of aromatic carboxylic acids is 1. The summed E-state index contributed by atoms with van der Waals surface area (Å²) in [5.41, 5.74) is 2.03. The van der Waals surface area contributed by atoms with Crippen LogP contribution < -0.4 is 4.74 Å². The van der Waals surface area contributed by atoms with E-state index in [1.54, 1.807) is 4.57 Å². The fourth-order valence-corrected chi connectivity index (χ4v) is 2.56. The Hall–Kier alpha value is -3.08. The zero-order chi connectivity index (χ0) is 14.4. The van der Waals surface area contributed by atoms with E-state index in [4.69, 9.17) is 4.74 Å². The third kappa shape index (κ3) is 1.64. The second kappa shape index (κ2) is 4.21. The Labute approximate surface area is 120 Å². The van der Waals surface area contributed by atoms with Crippen molar-refractivity contribution < 1.29 is 14.6 Å². The van der Waals surface area contributed by atoms with E-state index in [-0.39, 0.29) is 5.69 Å². The predicted molar refractivity (Wildman–Crippen MR) is 76.0 cm³/mol. The third-order valence-electron chi connectivity index (χ3n) is 3.46. The second-order valence-corrected chi connectivity index (χ2v) is 4.68. The number of carboxylic acid groups (broad SMARTS) is 1. The third-order valence-corrected chi connectivity index (χ3v) is 3.46. The summed E-state index contributed by atoms with van der Waals surface area (Å²) in [6, 6.07) is 14.8. The number of rotatable bonds is 1. The van der Waals surface area contributed by atoms with Crippen molar-refractivity contribution in [1.82, 2.24) is 9.55 Å². The molecular formula is C16H10N2O3. The van der Waals surface area contributed by atoms with Crippen molar-refractivity contribution in [2.75, 3.05) is 0 Å². The lowest BCUT2D eigenvalue weighted by Crippen LogP contribution is -2.01. The molecule has 0 saturated carbocycles. The number of ether oxygens (including phenoxy) is 1. The molecule has 0 fully saturated rings. The molecule has 21 heavy (non-hydrogen) atoms. The van der Waals surface area contributed by atoms with Crippen LogP contribution in [0.25, 0.3) is 16.9 Å². The summed E-state index contributed by atoms with van der Waals surface area (Å²) in [4.78, 5) is 15.5. The van der Waals surface area contributed by atoms with Crippen molar-refractivity contribution in [3.8, 4) is 28.4 Å². The molecule has 1 aromatic heterocycles. The quantitative estimate of drug-likeness (QED) is 0.580. The molecule has 102 valence electrons. The van der Waals surface area contributed by atoms with Crippen LogP contribution in [-0.4, -0.2) is 20.6 Å². The largest absolute Gasteiger partial charge is 0.476 e. The minimum absolute atomic E-state index is 0.0164. The van der Waals surface area contributed by atoms with Gasteiger partial charge in [0, 0.05) is 5.56 Å². The molecule has 0 unspecified atom stereocenters. The van der Waals surface area contributed by atoms with Crippen LogP contribution in [0.3, 0.4) is 0 Å². The van der Waals surface area contributed by atoms with Gasteiger partial charge in [0.1, 0.15) is 12.1 Å². The van der Waals surface area contributed by atoms with E-state index in [1.807, 2.05) is 48.5 Å². The molecule has 0 atom stereocenters. The van der Waals surface area contributed by atoms with E-state index in [1.165, 1.54) is 6.33 Å². The van der Waals surface area contributed by atoms with Crippen LogP contribution in [0.4, 0.5) is 0 Å². The first-order chi connectivity index (χ1) is 10.3. The molecule has 5 nitrogen and oxygen atoms in total. The number of hydrogen-bond donors (Lipinski definition) is 1. The molecular weight excluding hydrogens is 268 g/mol. The number of carboxylic acids is 1. The Kier molecular flexibility index (Phi) is 2.35. The molecule has 3 aromatic rings. The Morgan fingerprint density at radius 1 is 1.05 bits per heavy atom. The first-order valence-electron chi connectivity index (χ1n) is 6.43. The Morgan fingerprint density at radius 3 is 2.57 bits per heavy atom. The maximum absolute atomic E-state index is 11.5. The molecule has 0 spiro atoms. The summed E-state index contributed by atoms with van der Waals surface area (Å²) in [6.45, 7) is 0. The van der Waals surface area contributed by atoms with Crippen LogP contribution in [0.2, 0.25) is 0 Å². The van der Waals surface area contributed by atoms with Crippen LogP contribution in [0.5, 0.6) is 11.5 Å². The Bertz CT molecular complexity index is 867. The van der Waals surface area contributed by atoms with Gasteiger partial charge < -0.3 is 9.84 Å². The molecule has 2 heterocycles. The summed E-state index contributed by atoms with van der Waals surface area (Å²) in [5, 5.41) is 9.38. The summed E-state index contributed by atoms with van der Waals surface area (Å²) in [5.74, 6) is 0.225. The van der Waals surface area contributed by atoms with Gasteiger partial charge >= 0.3 is 5.97 Å². The SMILES string of the molecule is O=C(O)c1ncn2c1-c1ccccc1Oc1ccccc1-2. The zero-order valence-electron chi connectivity index (χ0n) is 10.9. The summed E-state index contributed by atoms with van der Waals surface area (Å²) in [6.07, 6.45) is 1.52. The normalized spacial score (nSPS) is 11.6. The van der Waals surface area contributed by atoms with Gasteiger partial charge in [-0.05, 0) is 24.3 Å². The van der Waals surface area contributed by atoms with Gasteiger partial charge in [0.25, 0.3) is 0 Å². The Balaban J connectivity index is 2.14. The highest BCUT2D eigenvalue weighted by Crippen LogP contribution is 2.42. The van der Waals surface area contributed by atoms with Crippen molar-refractivity contribution in [2.45, 2.75) is 0 Å². The summed E-state index contributed by atoms with van der Waals surface area (Å²) < 4.78 is 7.69.